The lowest BCUT2D eigenvalue weighted by atomic mass is 10.0. The highest BCUT2D eigenvalue weighted by Crippen LogP contribution is 2.26. The van der Waals surface area contributed by atoms with Gasteiger partial charge in [-0.2, -0.15) is 0 Å². The highest BCUT2D eigenvalue weighted by Gasteiger charge is 2.22. The summed E-state index contributed by atoms with van der Waals surface area (Å²) >= 11 is 0. The molecule has 1 amide bonds. The Bertz CT molecular complexity index is 727. The maximum atomic E-state index is 12.6. The molecule has 5 nitrogen and oxygen atoms in total. The minimum Gasteiger partial charge on any atom is -0.496 e. The van der Waals surface area contributed by atoms with Crippen LogP contribution in [0.25, 0.3) is 0 Å². The van der Waals surface area contributed by atoms with Crippen molar-refractivity contribution in [2.24, 2.45) is 0 Å². The number of benzene rings is 2. The lowest BCUT2D eigenvalue weighted by molar-refractivity contribution is -0.135. The van der Waals surface area contributed by atoms with Gasteiger partial charge in [-0.3, -0.25) is 4.79 Å². The summed E-state index contributed by atoms with van der Waals surface area (Å²) in [4.78, 5) is 14.4. The van der Waals surface area contributed by atoms with E-state index in [1.54, 1.807) is 7.11 Å². The number of hydrogen-bond donors (Lipinski definition) is 1. The summed E-state index contributed by atoms with van der Waals surface area (Å²) in [6, 6.07) is 16.0. The van der Waals surface area contributed by atoms with Crippen molar-refractivity contribution in [2.45, 2.75) is 19.4 Å². The Labute approximate surface area is 154 Å². The second-order valence-corrected chi connectivity index (χ2v) is 6.49. The molecule has 0 radical (unpaired) electrons. The largest absolute Gasteiger partial charge is 0.496 e. The Morgan fingerprint density at radius 3 is 2.62 bits per heavy atom. The number of anilines is 1. The molecule has 2 aromatic rings. The first kappa shape index (κ1) is 18.3. The fourth-order valence-electron chi connectivity index (χ4n) is 3.19. The maximum absolute atomic E-state index is 12.6. The van der Waals surface area contributed by atoms with Gasteiger partial charge in [-0.1, -0.05) is 30.3 Å². The summed E-state index contributed by atoms with van der Waals surface area (Å²) in [5.41, 5.74) is 3.24. The molecule has 1 fully saturated rings. The van der Waals surface area contributed by atoms with E-state index in [0.29, 0.717) is 26.3 Å². The van der Waals surface area contributed by atoms with E-state index in [0.717, 1.165) is 23.4 Å². The summed E-state index contributed by atoms with van der Waals surface area (Å²) in [5, 5.41) is 3.33. The first-order valence-corrected chi connectivity index (χ1v) is 9.01. The lowest BCUT2D eigenvalue weighted by Crippen LogP contribution is -2.47. The molecule has 5 heteroatoms. The minimum absolute atomic E-state index is 0.105. The molecular weight excluding hydrogens is 328 g/mol. The van der Waals surface area contributed by atoms with E-state index >= 15 is 0 Å². The average Bonchev–Trinajstić information content (AvgIpc) is 2.69. The zero-order chi connectivity index (χ0) is 18.4. The number of methoxy groups -OCH3 is 1. The van der Waals surface area contributed by atoms with Gasteiger partial charge in [0.05, 0.1) is 20.3 Å². The van der Waals surface area contributed by atoms with Crippen molar-refractivity contribution >= 4 is 11.6 Å². The van der Waals surface area contributed by atoms with Crippen LogP contribution in [-0.2, 0) is 16.0 Å². The van der Waals surface area contributed by atoms with Crippen LogP contribution in [0.5, 0.6) is 5.75 Å². The number of nitrogens with one attached hydrogen (secondary N) is 1. The zero-order valence-corrected chi connectivity index (χ0v) is 15.4. The van der Waals surface area contributed by atoms with Gasteiger partial charge in [0.25, 0.3) is 0 Å². The van der Waals surface area contributed by atoms with Gasteiger partial charge in [-0.05, 0) is 30.7 Å². The number of amides is 1. The Hall–Kier alpha value is -2.53. The molecule has 1 aliphatic rings. The van der Waals surface area contributed by atoms with Crippen LogP contribution in [-0.4, -0.2) is 50.3 Å². The van der Waals surface area contributed by atoms with Crippen molar-refractivity contribution in [1.82, 2.24) is 4.90 Å². The molecule has 1 atom stereocenters. The fraction of sp³-hybridized carbons (Fsp3) is 0.381. The molecule has 0 saturated carbocycles. The van der Waals surface area contributed by atoms with Gasteiger partial charge in [-0.15, -0.1) is 0 Å². The quantitative estimate of drug-likeness (QED) is 0.867. The monoisotopic (exact) mass is 354 g/mol. The molecule has 138 valence electrons. The third-order valence-corrected chi connectivity index (χ3v) is 4.59. The van der Waals surface area contributed by atoms with Crippen molar-refractivity contribution in [2.75, 3.05) is 38.7 Å². The van der Waals surface area contributed by atoms with Crippen molar-refractivity contribution in [1.29, 1.82) is 0 Å². The molecule has 1 unspecified atom stereocenters. The van der Waals surface area contributed by atoms with Gasteiger partial charge in [0.1, 0.15) is 11.8 Å². The molecule has 0 aromatic heterocycles. The fourth-order valence-corrected chi connectivity index (χ4v) is 3.19. The molecule has 1 aliphatic heterocycles. The normalized spacial score (nSPS) is 15.4. The van der Waals surface area contributed by atoms with Crippen LogP contribution in [0.2, 0.25) is 0 Å². The van der Waals surface area contributed by atoms with Gasteiger partial charge < -0.3 is 19.7 Å². The first-order valence-electron chi connectivity index (χ1n) is 9.01. The molecular formula is C21H26N2O3. The molecule has 1 N–H and O–H groups in total. The maximum Gasteiger partial charge on any atom is 0.244 e. The zero-order valence-electron chi connectivity index (χ0n) is 15.4. The van der Waals surface area contributed by atoms with E-state index in [9.17, 15) is 4.79 Å². The predicted octanol–water partition coefficient (Wildman–Crippen LogP) is 2.95. The van der Waals surface area contributed by atoms with Crippen LogP contribution in [0.15, 0.2) is 48.5 Å². The topological polar surface area (TPSA) is 50.8 Å². The number of hydrogen-bond acceptors (Lipinski definition) is 4. The van der Waals surface area contributed by atoms with Gasteiger partial charge in [0, 0.05) is 30.8 Å². The smallest absolute Gasteiger partial charge is 0.244 e. The number of nitrogens with zero attached hydrogens (tertiary/aromatic N) is 1. The van der Waals surface area contributed by atoms with E-state index < -0.39 is 0 Å². The van der Waals surface area contributed by atoms with Gasteiger partial charge >= 0.3 is 0 Å². The summed E-state index contributed by atoms with van der Waals surface area (Å²) in [6.45, 7) is 4.45. The summed E-state index contributed by atoms with van der Waals surface area (Å²) in [7, 11) is 1.68. The van der Waals surface area contributed by atoms with Crippen molar-refractivity contribution in [3.63, 3.8) is 0 Å². The third kappa shape index (κ3) is 4.55. The van der Waals surface area contributed by atoms with E-state index in [1.165, 1.54) is 5.56 Å². The summed E-state index contributed by atoms with van der Waals surface area (Å²) in [5.74, 6) is 0.959. The SMILES string of the molecule is COc1ccc(NC(C)C(=O)N2CCOCC2)cc1Cc1ccccc1. The van der Waals surface area contributed by atoms with E-state index in [-0.39, 0.29) is 11.9 Å². The average molecular weight is 354 g/mol. The van der Waals surface area contributed by atoms with Crippen LogP contribution in [0, 0.1) is 0 Å². The van der Waals surface area contributed by atoms with Gasteiger partial charge in [-0.25, -0.2) is 0 Å². The summed E-state index contributed by atoms with van der Waals surface area (Å²) in [6.07, 6.45) is 0.783. The van der Waals surface area contributed by atoms with Gasteiger partial charge in [0.15, 0.2) is 0 Å². The molecule has 0 spiro atoms. The molecule has 0 bridgehead atoms. The Morgan fingerprint density at radius 2 is 1.92 bits per heavy atom. The number of carbonyl (C=O) groups is 1. The van der Waals surface area contributed by atoms with Crippen LogP contribution < -0.4 is 10.1 Å². The number of carbonyl (C=O) groups excluding carboxylic acids is 1. The van der Waals surface area contributed by atoms with Crippen molar-refractivity contribution in [3.8, 4) is 5.75 Å². The Morgan fingerprint density at radius 1 is 1.19 bits per heavy atom. The lowest BCUT2D eigenvalue weighted by Gasteiger charge is -2.29. The van der Waals surface area contributed by atoms with Crippen LogP contribution in [0.1, 0.15) is 18.1 Å². The molecule has 26 heavy (non-hydrogen) atoms. The highest BCUT2D eigenvalue weighted by molar-refractivity contribution is 5.84. The minimum atomic E-state index is -0.286. The van der Waals surface area contributed by atoms with Crippen molar-refractivity contribution in [3.05, 3.63) is 59.7 Å². The van der Waals surface area contributed by atoms with E-state index in [2.05, 4.69) is 23.5 Å². The van der Waals surface area contributed by atoms with Crippen molar-refractivity contribution < 1.29 is 14.3 Å². The Kier molecular flexibility index (Phi) is 6.12. The number of ether oxygens (including phenoxy) is 2. The molecule has 3 rings (SSSR count). The molecule has 1 heterocycles. The first-order chi connectivity index (χ1) is 12.7. The standard InChI is InChI=1S/C21H26N2O3/c1-16(21(24)23-10-12-26-13-11-23)22-19-8-9-20(25-2)18(15-19)14-17-6-4-3-5-7-17/h3-9,15-16,22H,10-14H2,1-2H3. The van der Waals surface area contributed by atoms with Crippen LogP contribution in [0.3, 0.4) is 0 Å². The van der Waals surface area contributed by atoms with Crippen LogP contribution >= 0.6 is 0 Å². The van der Waals surface area contributed by atoms with E-state index in [4.69, 9.17) is 9.47 Å². The Balaban J connectivity index is 1.71. The van der Waals surface area contributed by atoms with E-state index in [1.807, 2.05) is 42.2 Å². The summed E-state index contributed by atoms with van der Waals surface area (Å²) < 4.78 is 10.8. The molecule has 0 aliphatic carbocycles. The highest BCUT2D eigenvalue weighted by atomic mass is 16.5. The van der Waals surface area contributed by atoms with Gasteiger partial charge in [0.2, 0.25) is 5.91 Å². The number of morpholine rings is 1. The third-order valence-electron chi connectivity index (χ3n) is 4.59. The second kappa shape index (κ2) is 8.72. The second-order valence-electron chi connectivity index (χ2n) is 6.49. The molecule has 2 aromatic carbocycles. The number of rotatable bonds is 6. The predicted molar refractivity (Wildman–Crippen MR) is 103 cm³/mol. The van der Waals surface area contributed by atoms with Crippen LogP contribution in [0.4, 0.5) is 5.69 Å². The molecule has 1 saturated heterocycles.